The Balaban J connectivity index is 1.41. The van der Waals surface area contributed by atoms with Crippen LogP contribution in [0.25, 0.3) is 6.08 Å². The first-order valence-corrected chi connectivity index (χ1v) is 11.4. The first kappa shape index (κ1) is 24.3. The van der Waals surface area contributed by atoms with Crippen LogP contribution in [-0.2, 0) is 25.5 Å². The van der Waals surface area contributed by atoms with Gasteiger partial charge in [-0.05, 0) is 80.1 Å². The van der Waals surface area contributed by atoms with E-state index in [0.29, 0.717) is 30.2 Å². The zero-order valence-electron chi connectivity index (χ0n) is 19.0. The van der Waals surface area contributed by atoms with Gasteiger partial charge in [0.1, 0.15) is 5.75 Å². The molecule has 1 aliphatic rings. The Kier molecular flexibility index (Phi) is 8.89. The monoisotopic (exact) mass is 452 g/mol. The molecule has 1 aliphatic carbocycles. The molecule has 0 radical (unpaired) electrons. The van der Waals surface area contributed by atoms with Crippen molar-refractivity contribution in [3.63, 3.8) is 0 Å². The molecule has 0 heterocycles. The molecule has 176 valence electrons. The molecule has 7 nitrogen and oxygen atoms in total. The van der Waals surface area contributed by atoms with Crippen LogP contribution in [-0.4, -0.2) is 31.3 Å². The second-order valence-corrected chi connectivity index (χ2v) is 8.13. The summed E-state index contributed by atoms with van der Waals surface area (Å²) in [6.45, 7) is 2.90. The Morgan fingerprint density at radius 1 is 1.03 bits per heavy atom. The average molecular weight is 453 g/mol. The highest BCUT2D eigenvalue weighted by Gasteiger charge is 2.27. The molecule has 2 aromatic carbocycles. The molecule has 33 heavy (non-hydrogen) atoms. The summed E-state index contributed by atoms with van der Waals surface area (Å²) in [5.41, 5.74) is 14.5. The summed E-state index contributed by atoms with van der Waals surface area (Å²) in [6, 6.07) is 12.2. The first-order chi connectivity index (χ1) is 15.9. The van der Waals surface area contributed by atoms with E-state index in [4.69, 9.17) is 25.7 Å². The maximum absolute atomic E-state index is 12.4. The number of nitrogens with two attached hydrogens (primary N) is 2. The van der Waals surface area contributed by atoms with E-state index >= 15 is 0 Å². The third-order valence-corrected chi connectivity index (χ3v) is 5.70. The van der Waals surface area contributed by atoms with Crippen LogP contribution in [0.15, 0.2) is 48.5 Å². The smallest absolute Gasteiger partial charge is 0.330 e. The summed E-state index contributed by atoms with van der Waals surface area (Å²) in [4.78, 5) is 24.4. The number of rotatable bonds is 9. The number of hydrogen-bond acceptors (Lipinski definition) is 7. The summed E-state index contributed by atoms with van der Waals surface area (Å²) >= 11 is 0. The lowest BCUT2D eigenvalue weighted by Crippen LogP contribution is -2.28. The van der Waals surface area contributed by atoms with Gasteiger partial charge in [-0.1, -0.05) is 12.1 Å². The van der Waals surface area contributed by atoms with Crippen LogP contribution in [0.1, 0.15) is 43.7 Å². The maximum atomic E-state index is 12.4. The highest BCUT2D eigenvalue weighted by Crippen LogP contribution is 2.28. The molecular formula is C26H32N2O5. The number of ether oxygens (including phenoxy) is 3. The van der Waals surface area contributed by atoms with E-state index in [1.807, 2.05) is 6.92 Å². The summed E-state index contributed by atoms with van der Waals surface area (Å²) in [5.74, 6) is -0.238. The van der Waals surface area contributed by atoms with E-state index in [1.165, 1.54) is 6.08 Å². The number of carbonyl (C=O) groups is 2. The fourth-order valence-corrected chi connectivity index (χ4v) is 3.86. The minimum absolute atomic E-state index is 0.0845. The topological polar surface area (TPSA) is 114 Å². The molecule has 3 rings (SSSR count). The van der Waals surface area contributed by atoms with E-state index in [-0.39, 0.29) is 24.6 Å². The molecule has 0 saturated heterocycles. The van der Waals surface area contributed by atoms with Crippen molar-refractivity contribution in [2.45, 2.75) is 45.1 Å². The third-order valence-electron chi connectivity index (χ3n) is 5.70. The third kappa shape index (κ3) is 7.64. The summed E-state index contributed by atoms with van der Waals surface area (Å²) in [6.07, 6.45) is 7.11. The second-order valence-electron chi connectivity index (χ2n) is 8.13. The van der Waals surface area contributed by atoms with Crippen molar-refractivity contribution in [1.29, 1.82) is 0 Å². The number of benzene rings is 2. The van der Waals surface area contributed by atoms with E-state index < -0.39 is 5.97 Å². The normalized spacial score (nSPS) is 18.2. The first-order valence-electron chi connectivity index (χ1n) is 11.4. The minimum Gasteiger partial charge on any atom is -0.462 e. The summed E-state index contributed by atoms with van der Waals surface area (Å²) in [7, 11) is 0. The van der Waals surface area contributed by atoms with Crippen LogP contribution >= 0.6 is 0 Å². The van der Waals surface area contributed by atoms with Crippen LogP contribution in [0.3, 0.4) is 0 Å². The van der Waals surface area contributed by atoms with E-state index in [1.54, 1.807) is 48.5 Å². The lowest BCUT2D eigenvalue weighted by atomic mass is 9.87. The number of carbonyl (C=O) groups excluding carboxylic acids is 2. The molecule has 4 N–H and O–H groups in total. The molecule has 0 spiro atoms. The molecule has 1 fully saturated rings. The molecular weight excluding hydrogens is 420 g/mol. The van der Waals surface area contributed by atoms with Crippen molar-refractivity contribution < 1.29 is 23.8 Å². The Bertz CT molecular complexity index is 963. The van der Waals surface area contributed by atoms with E-state index in [9.17, 15) is 9.59 Å². The highest BCUT2D eigenvalue weighted by atomic mass is 16.5. The number of esters is 2. The van der Waals surface area contributed by atoms with Gasteiger partial charge in [-0.15, -0.1) is 0 Å². The van der Waals surface area contributed by atoms with E-state index in [2.05, 4.69) is 0 Å². The molecule has 0 amide bonds. The number of hydrogen-bond donors (Lipinski definition) is 2. The average Bonchev–Trinajstić information content (AvgIpc) is 2.81. The fraction of sp³-hybridized carbons (Fsp3) is 0.385. The van der Waals surface area contributed by atoms with Crippen molar-refractivity contribution in [3.05, 3.63) is 59.7 Å². The minimum atomic E-state index is -0.448. The van der Waals surface area contributed by atoms with Crippen molar-refractivity contribution in [2.24, 2.45) is 5.92 Å². The molecule has 7 heteroatoms. The second kappa shape index (κ2) is 12.1. The largest absolute Gasteiger partial charge is 0.462 e. The van der Waals surface area contributed by atoms with Gasteiger partial charge in [0.15, 0.2) is 0 Å². The maximum Gasteiger partial charge on any atom is 0.330 e. The molecule has 0 bridgehead atoms. The van der Waals surface area contributed by atoms with Crippen LogP contribution in [0.2, 0.25) is 0 Å². The standard InChI is InChI=1S/C26H32N2O5/c1-2-31-22-11-6-19(7-12-22)26(30)33-23-9-3-18(4-10-23)5-14-25(29)32-16-15-20-17-21(27)8-13-24(20)28/h3-5,8-10,13-14,17,19,22H,2,6-7,11-12,15-16,27-28H2,1H3. The van der Waals surface area contributed by atoms with E-state index in [0.717, 1.165) is 36.8 Å². The summed E-state index contributed by atoms with van der Waals surface area (Å²) < 4.78 is 16.4. The quantitative estimate of drug-likeness (QED) is 0.254. The Morgan fingerprint density at radius 3 is 2.45 bits per heavy atom. The zero-order valence-corrected chi connectivity index (χ0v) is 19.0. The van der Waals surface area contributed by atoms with Crippen LogP contribution in [0, 0.1) is 5.92 Å². The predicted molar refractivity (Wildman–Crippen MR) is 128 cm³/mol. The Labute approximate surface area is 194 Å². The van der Waals surface area contributed by atoms with Crippen molar-refractivity contribution >= 4 is 29.4 Å². The van der Waals surface area contributed by atoms with Gasteiger partial charge < -0.3 is 25.7 Å². The molecule has 2 aromatic rings. The van der Waals surface area contributed by atoms with Gasteiger partial charge >= 0.3 is 11.9 Å². The Hall–Kier alpha value is -3.32. The van der Waals surface area contributed by atoms with Gasteiger partial charge in [-0.2, -0.15) is 0 Å². The summed E-state index contributed by atoms with van der Waals surface area (Å²) in [5, 5.41) is 0. The lowest BCUT2D eigenvalue weighted by Gasteiger charge is -2.26. The van der Waals surface area contributed by atoms with Gasteiger partial charge in [0.2, 0.25) is 0 Å². The molecule has 0 atom stereocenters. The number of anilines is 2. The van der Waals surface area contributed by atoms with Crippen molar-refractivity contribution in [2.75, 3.05) is 24.7 Å². The molecule has 0 aromatic heterocycles. The van der Waals surface area contributed by atoms with Crippen molar-refractivity contribution in [3.8, 4) is 5.75 Å². The highest BCUT2D eigenvalue weighted by molar-refractivity contribution is 5.87. The predicted octanol–water partition coefficient (Wildman–Crippen LogP) is 4.15. The van der Waals surface area contributed by atoms with Crippen molar-refractivity contribution in [1.82, 2.24) is 0 Å². The Morgan fingerprint density at radius 2 is 1.76 bits per heavy atom. The van der Waals surface area contributed by atoms with Gasteiger partial charge in [-0.25, -0.2) is 4.79 Å². The van der Waals surface area contributed by atoms with Crippen LogP contribution in [0.5, 0.6) is 5.75 Å². The molecule has 0 unspecified atom stereocenters. The number of nitrogen functional groups attached to an aromatic ring is 2. The SMILES string of the molecule is CCOC1CCC(C(=O)Oc2ccc(C=CC(=O)OCCc3cc(N)ccc3N)cc2)CC1. The van der Waals surface area contributed by atoms with Gasteiger partial charge in [0.25, 0.3) is 0 Å². The lowest BCUT2D eigenvalue weighted by molar-refractivity contribution is -0.141. The molecule has 0 aliphatic heterocycles. The van der Waals surface area contributed by atoms with Gasteiger partial charge in [-0.3, -0.25) is 4.79 Å². The van der Waals surface area contributed by atoms with Gasteiger partial charge in [0, 0.05) is 30.5 Å². The van der Waals surface area contributed by atoms with Crippen LogP contribution < -0.4 is 16.2 Å². The van der Waals surface area contributed by atoms with Gasteiger partial charge in [0.05, 0.1) is 18.6 Å². The fourth-order valence-electron chi connectivity index (χ4n) is 3.86. The molecule has 1 saturated carbocycles. The van der Waals surface area contributed by atoms with Crippen LogP contribution in [0.4, 0.5) is 11.4 Å². The zero-order chi connectivity index (χ0) is 23.6.